The molecule has 0 saturated carbocycles. The number of amides is 1. The Balaban J connectivity index is 1.91. The van der Waals surface area contributed by atoms with Gasteiger partial charge in [-0.15, -0.1) is 11.3 Å². The van der Waals surface area contributed by atoms with Gasteiger partial charge in [-0.2, -0.15) is 0 Å². The highest BCUT2D eigenvalue weighted by Crippen LogP contribution is 2.28. The first-order chi connectivity index (χ1) is 10.0. The van der Waals surface area contributed by atoms with Crippen molar-refractivity contribution in [2.75, 3.05) is 11.1 Å². The Morgan fingerprint density at radius 3 is 2.76 bits per heavy atom. The Kier molecular flexibility index (Phi) is 3.31. The number of carbonyl (C=O) groups excluding carboxylic acids is 1. The van der Waals surface area contributed by atoms with Gasteiger partial charge in [-0.25, -0.2) is 8.78 Å². The number of fused-ring (bicyclic) bond motifs is 1. The number of nitrogens with one attached hydrogen (secondary N) is 1. The summed E-state index contributed by atoms with van der Waals surface area (Å²) in [6, 6.07) is 10.6. The average Bonchev–Trinajstić information content (AvgIpc) is 2.87. The van der Waals surface area contributed by atoms with Crippen molar-refractivity contribution in [2.24, 2.45) is 0 Å². The highest BCUT2D eigenvalue weighted by molar-refractivity contribution is 7.20. The van der Waals surface area contributed by atoms with E-state index in [1.54, 1.807) is 18.2 Å². The van der Waals surface area contributed by atoms with E-state index in [1.807, 2.05) is 6.07 Å². The molecule has 6 heteroatoms. The van der Waals surface area contributed by atoms with E-state index in [0.29, 0.717) is 10.6 Å². The van der Waals surface area contributed by atoms with Gasteiger partial charge in [-0.05, 0) is 41.8 Å². The van der Waals surface area contributed by atoms with E-state index in [-0.39, 0.29) is 5.69 Å². The van der Waals surface area contributed by atoms with Crippen LogP contribution in [-0.4, -0.2) is 5.91 Å². The Bertz CT molecular complexity index is 845. The monoisotopic (exact) mass is 304 g/mol. The first-order valence-corrected chi connectivity index (χ1v) is 6.90. The summed E-state index contributed by atoms with van der Waals surface area (Å²) in [4.78, 5) is 12.5. The molecule has 1 amide bonds. The quantitative estimate of drug-likeness (QED) is 0.703. The van der Waals surface area contributed by atoms with E-state index in [9.17, 15) is 13.6 Å². The van der Waals surface area contributed by atoms with Gasteiger partial charge in [0.25, 0.3) is 5.91 Å². The van der Waals surface area contributed by atoms with Crippen molar-refractivity contribution >= 4 is 38.7 Å². The van der Waals surface area contributed by atoms with Crippen molar-refractivity contribution in [3.05, 3.63) is 59.0 Å². The predicted octanol–water partition coefficient (Wildman–Crippen LogP) is 4.01. The summed E-state index contributed by atoms with van der Waals surface area (Å²) in [6.45, 7) is 0. The number of hydrogen-bond acceptors (Lipinski definition) is 3. The summed E-state index contributed by atoms with van der Waals surface area (Å²) >= 11 is 1.26. The normalized spacial score (nSPS) is 10.8. The molecule has 106 valence electrons. The average molecular weight is 304 g/mol. The number of thiophene rings is 1. The molecular formula is C15H10F2N2OS. The fraction of sp³-hybridized carbons (Fsp3) is 0. The van der Waals surface area contributed by atoms with E-state index < -0.39 is 17.5 Å². The minimum absolute atomic E-state index is 0.183. The zero-order valence-corrected chi connectivity index (χ0v) is 11.5. The van der Waals surface area contributed by atoms with E-state index in [0.717, 1.165) is 16.2 Å². The molecule has 21 heavy (non-hydrogen) atoms. The second kappa shape index (κ2) is 5.14. The molecule has 0 aliphatic carbocycles. The van der Waals surface area contributed by atoms with Gasteiger partial charge in [-0.1, -0.05) is 6.07 Å². The number of nitrogen functional groups attached to an aromatic ring is 1. The maximum Gasteiger partial charge on any atom is 0.265 e. The standard InChI is InChI=1S/C15H10F2N2OS/c16-10-2-1-3-11(14(10)17)19-15(20)13-7-8-6-9(18)4-5-12(8)21-13/h1-7H,18H2,(H,19,20). The third kappa shape index (κ3) is 2.57. The molecule has 0 fully saturated rings. The van der Waals surface area contributed by atoms with Gasteiger partial charge in [0, 0.05) is 10.4 Å². The molecule has 0 spiro atoms. The second-order valence-corrected chi connectivity index (χ2v) is 5.55. The van der Waals surface area contributed by atoms with Crippen LogP contribution in [0.4, 0.5) is 20.2 Å². The maximum absolute atomic E-state index is 13.5. The van der Waals surface area contributed by atoms with Crippen LogP contribution < -0.4 is 11.1 Å². The number of rotatable bonds is 2. The third-order valence-electron chi connectivity index (χ3n) is 2.96. The number of benzene rings is 2. The SMILES string of the molecule is Nc1ccc2sc(C(=O)Nc3cccc(F)c3F)cc2c1. The second-order valence-electron chi connectivity index (χ2n) is 4.46. The van der Waals surface area contributed by atoms with Gasteiger partial charge in [0.15, 0.2) is 11.6 Å². The van der Waals surface area contributed by atoms with Gasteiger partial charge >= 0.3 is 0 Å². The molecule has 0 saturated heterocycles. The number of nitrogens with two attached hydrogens (primary N) is 1. The molecule has 0 radical (unpaired) electrons. The summed E-state index contributed by atoms with van der Waals surface area (Å²) < 4.78 is 27.5. The molecule has 3 nitrogen and oxygen atoms in total. The zero-order valence-electron chi connectivity index (χ0n) is 10.7. The van der Waals surface area contributed by atoms with Crippen LogP contribution in [0.15, 0.2) is 42.5 Å². The van der Waals surface area contributed by atoms with Gasteiger partial charge in [-0.3, -0.25) is 4.79 Å². The predicted molar refractivity (Wildman–Crippen MR) is 80.5 cm³/mol. The van der Waals surface area contributed by atoms with Crippen molar-refractivity contribution < 1.29 is 13.6 Å². The Labute approximate surface area is 123 Å². The molecule has 3 rings (SSSR count). The smallest absolute Gasteiger partial charge is 0.265 e. The summed E-state index contributed by atoms with van der Waals surface area (Å²) in [5, 5.41) is 3.21. The zero-order chi connectivity index (χ0) is 15.0. The number of anilines is 2. The fourth-order valence-corrected chi connectivity index (χ4v) is 2.90. The lowest BCUT2D eigenvalue weighted by Crippen LogP contribution is -2.11. The lowest BCUT2D eigenvalue weighted by atomic mass is 10.2. The summed E-state index contributed by atoms with van der Waals surface area (Å²) in [5.74, 6) is -2.56. The van der Waals surface area contributed by atoms with Crippen LogP contribution in [0.5, 0.6) is 0 Å². The molecular weight excluding hydrogens is 294 g/mol. The van der Waals surface area contributed by atoms with E-state index >= 15 is 0 Å². The first kappa shape index (κ1) is 13.5. The minimum atomic E-state index is -1.07. The van der Waals surface area contributed by atoms with Gasteiger partial charge in [0.1, 0.15) is 0 Å². The van der Waals surface area contributed by atoms with Gasteiger partial charge in [0.05, 0.1) is 10.6 Å². The van der Waals surface area contributed by atoms with Crippen molar-refractivity contribution in [3.63, 3.8) is 0 Å². The van der Waals surface area contributed by atoms with Gasteiger partial charge < -0.3 is 11.1 Å². The molecule has 0 atom stereocenters. The Morgan fingerprint density at radius 1 is 1.14 bits per heavy atom. The summed E-state index contributed by atoms with van der Waals surface area (Å²) in [6.07, 6.45) is 0. The van der Waals surface area contributed by atoms with E-state index in [1.165, 1.54) is 23.5 Å². The molecule has 0 aliphatic heterocycles. The number of halogens is 2. The Morgan fingerprint density at radius 2 is 1.95 bits per heavy atom. The largest absolute Gasteiger partial charge is 0.399 e. The third-order valence-corrected chi connectivity index (χ3v) is 4.08. The van der Waals surface area contributed by atoms with Crippen LogP contribution in [0.2, 0.25) is 0 Å². The number of hydrogen-bond donors (Lipinski definition) is 2. The molecule has 3 N–H and O–H groups in total. The van der Waals surface area contributed by atoms with Crippen molar-refractivity contribution in [2.45, 2.75) is 0 Å². The van der Waals surface area contributed by atoms with Crippen molar-refractivity contribution in [3.8, 4) is 0 Å². The Hall–Kier alpha value is -2.47. The number of carbonyl (C=O) groups is 1. The van der Waals surface area contributed by atoms with Crippen LogP contribution in [0, 0.1) is 11.6 Å². The van der Waals surface area contributed by atoms with Crippen molar-refractivity contribution in [1.29, 1.82) is 0 Å². The van der Waals surface area contributed by atoms with E-state index in [2.05, 4.69) is 5.32 Å². The molecule has 1 heterocycles. The molecule has 2 aromatic carbocycles. The molecule has 0 aliphatic rings. The maximum atomic E-state index is 13.5. The van der Waals surface area contributed by atoms with Crippen LogP contribution in [-0.2, 0) is 0 Å². The van der Waals surface area contributed by atoms with E-state index in [4.69, 9.17) is 5.73 Å². The topological polar surface area (TPSA) is 55.1 Å². The highest BCUT2D eigenvalue weighted by Gasteiger charge is 2.14. The summed E-state index contributed by atoms with van der Waals surface area (Å²) in [7, 11) is 0. The molecule has 0 bridgehead atoms. The molecule has 3 aromatic rings. The van der Waals surface area contributed by atoms with Gasteiger partial charge in [0.2, 0.25) is 0 Å². The summed E-state index contributed by atoms with van der Waals surface area (Å²) in [5.41, 5.74) is 6.10. The van der Waals surface area contributed by atoms with Crippen LogP contribution >= 0.6 is 11.3 Å². The first-order valence-electron chi connectivity index (χ1n) is 6.09. The molecule has 1 aromatic heterocycles. The molecule has 0 unspecified atom stereocenters. The van der Waals surface area contributed by atoms with Crippen LogP contribution in [0.1, 0.15) is 9.67 Å². The minimum Gasteiger partial charge on any atom is -0.399 e. The van der Waals surface area contributed by atoms with Crippen LogP contribution in [0.3, 0.4) is 0 Å². The van der Waals surface area contributed by atoms with Crippen molar-refractivity contribution in [1.82, 2.24) is 0 Å². The fourth-order valence-electron chi connectivity index (χ4n) is 1.96. The lowest BCUT2D eigenvalue weighted by molar-refractivity contribution is 0.103. The highest BCUT2D eigenvalue weighted by atomic mass is 32.1. The lowest BCUT2D eigenvalue weighted by Gasteiger charge is -2.04. The van der Waals surface area contributed by atoms with Crippen LogP contribution in [0.25, 0.3) is 10.1 Å².